The molecule has 2 fully saturated rings. The number of imidazole rings is 1. The van der Waals surface area contributed by atoms with Crippen LogP contribution in [0.15, 0.2) is 17.0 Å². The van der Waals surface area contributed by atoms with Gasteiger partial charge in [0.25, 0.3) is 0 Å². The fraction of sp³-hybridized carbons (Fsp3) is 0.588. The van der Waals surface area contributed by atoms with Crippen LogP contribution in [0.25, 0.3) is 5.65 Å². The van der Waals surface area contributed by atoms with Crippen LogP contribution in [0.1, 0.15) is 12.6 Å². The molecule has 1 amide bonds. The first-order valence-corrected chi connectivity index (χ1v) is 9.74. The average Bonchev–Trinajstić information content (AvgIpc) is 3.04. The second kappa shape index (κ2) is 7.50. The normalized spacial score (nSPS) is 19.3. The summed E-state index contributed by atoms with van der Waals surface area (Å²) in [6.07, 6.45) is 4.02. The third kappa shape index (κ3) is 3.70. The maximum Gasteiger partial charge on any atom is 0.219 e. The molecular formula is C17H23BrN6O2. The van der Waals surface area contributed by atoms with E-state index in [2.05, 4.69) is 36.9 Å². The van der Waals surface area contributed by atoms with Crippen LogP contribution in [-0.2, 0) is 16.1 Å². The zero-order chi connectivity index (χ0) is 18.1. The lowest BCUT2D eigenvalue weighted by Crippen LogP contribution is -2.47. The summed E-state index contributed by atoms with van der Waals surface area (Å²) in [5.41, 5.74) is 1.91. The van der Waals surface area contributed by atoms with Crippen molar-refractivity contribution >= 4 is 33.3 Å². The van der Waals surface area contributed by atoms with Crippen LogP contribution in [-0.4, -0.2) is 82.6 Å². The zero-order valence-corrected chi connectivity index (χ0v) is 16.5. The monoisotopic (exact) mass is 422 g/mol. The van der Waals surface area contributed by atoms with Gasteiger partial charge in [0.2, 0.25) is 5.91 Å². The van der Waals surface area contributed by atoms with Crippen LogP contribution in [0, 0.1) is 0 Å². The van der Waals surface area contributed by atoms with Crippen molar-refractivity contribution in [2.45, 2.75) is 13.5 Å². The van der Waals surface area contributed by atoms with Crippen molar-refractivity contribution in [1.82, 2.24) is 24.2 Å². The van der Waals surface area contributed by atoms with Crippen LogP contribution >= 0.6 is 15.9 Å². The number of hydrogen-bond acceptors (Lipinski definition) is 6. The molecule has 0 aromatic carbocycles. The number of morpholine rings is 1. The Morgan fingerprint density at radius 2 is 1.85 bits per heavy atom. The van der Waals surface area contributed by atoms with E-state index in [4.69, 9.17) is 9.72 Å². The molecule has 8 nitrogen and oxygen atoms in total. The highest BCUT2D eigenvalue weighted by Gasteiger charge is 2.21. The largest absolute Gasteiger partial charge is 0.378 e. The Balaban J connectivity index is 1.53. The molecule has 0 atom stereocenters. The molecule has 26 heavy (non-hydrogen) atoms. The summed E-state index contributed by atoms with van der Waals surface area (Å²) in [5.74, 6) is 1.05. The summed E-state index contributed by atoms with van der Waals surface area (Å²) in [7, 11) is 0. The minimum Gasteiger partial charge on any atom is -0.378 e. The van der Waals surface area contributed by atoms with Crippen LogP contribution < -0.4 is 4.90 Å². The van der Waals surface area contributed by atoms with Gasteiger partial charge in [0.05, 0.1) is 18.9 Å². The highest BCUT2D eigenvalue weighted by Crippen LogP contribution is 2.23. The lowest BCUT2D eigenvalue weighted by atomic mass is 10.3. The standard InChI is InChI=1S/C17H23BrN6O2/c1-13(25)22-4-2-21(3-5-22)10-14-11-24-12-15(18)20-17(16(24)19-14)23-6-8-26-9-7-23/h11-12H,2-10H2,1H3. The molecule has 2 aliphatic heterocycles. The summed E-state index contributed by atoms with van der Waals surface area (Å²) in [5, 5.41) is 0. The fourth-order valence-electron chi connectivity index (χ4n) is 3.52. The van der Waals surface area contributed by atoms with Gasteiger partial charge in [-0.15, -0.1) is 0 Å². The van der Waals surface area contributed by atoms with Gasteiger partial charge in [-0.2, -0.15) is 0 Å². The molecule has 4 rings (SSSR count). The van der Waals surface area contributed by atoms with E-state index < -0.39 is 0 Å². The summed E-state index contributed by atoms with van der Waals surface area (Å²) >= 11 is 3.51. The van der Waals surface area contributed by atoms with Crippen LogP contribution in [0.4, 0.5) is 5.82 Å². The van der Waals surface area contributed by atoms with Gasteiger partial charge in [0, 0.05) is 65.1 Å². The van der Waals surface area contributed by atoms with E-state index in [0.717, 1.165) is 67.6 Å². The highest BCUT2D eigenvalue weighted by atomic mass is 79.9. The van der Waals surface area contributed by atoms with Gasteiger partial charge in [-0.1, -0.05) is 0 Å². The number of nitrogens with zero attached hydrogens (tertiary/aromatic N) is 6. The van der Waals surface area contributed by atoms with Crippen molar-refractivity contribution < 1.29 is 9.53 Å². The van der Waals surface area contributed by atoms with E-state index in [-0.39, 0.29) is 5.91 Å². The summed E-state index contributed by atoms with van der Waals surface area (Å²) < 4.78 is 8.29. The van der Waals surface area contributed by atoms with E-state index in [1.807, 2.05) is 15.5 Å². The van der Waals surface area contributed by atoms with Gasteiger partial charge < -0.3 is 18.9 Å². The predicted molar refractivity (Wildman–Crippen MR) is 101 cm³/mol. The van der Waals surface area contributed by atoms with Crippen molar-refractivity contribution in [1.29, 1.82) is 0 Å². The van der Waals surface area contributed by atoms with Crippen molar-refractivity contribution in [2.24, 2.45) is 0 Å². The number of piperazine rings is 1. The number of amides is 1. The number of anilines is 1. The molecular weight excluding hydrogens is 400 g/mol. The number of carbonyl (C=O) groups excluding carboxylic acids is 1. The minimum absolute atomic E-state index is 0.156. The van der Waals surface area contributed by atoms with Crippen LogP contribution in [0.3, 0.4) is 0 Å². The van der Waals surface area contributed by atoms with E-state index in [0.29, 0.717) is 13.2 Å². The minimum atomic E-state index is 0.156. The molecule has 0 spiro atoms. The smallest absolute Gasteiger partial charge is 0.219 e. The van der Waals surface area contributed by atoms with Crippen molar-refractivity contribution in [3.05, 3.63) is 22.7 Å². The molecule has 0 aliphatic carbocycles. The molecule has 9 heteroatoms. The quantitative estimate of drug-likeness (QED) is 0.734. The Kier molecular flexibility index (Phi) is 5.10. The molecule has 2 aliphatic rings. The van der Waals surface area contributed by atoms with Gasteiger partial charge >= 0.3 is 0 Å². The molecule has 2 saturated heterocycles. The van der Waals surface area contributed by atoms with Gasteiger partial charge in [-0.25, -0.2) is 9.97 Å². The number of fused-ring (bicyclic) bond motifs is 1. The molecule has 4 heterocycles. The number of hydrogen-bond donors (Lipinski definition) is 0. The van der Waals surface area contributed by atoms with E-state index in [1.165, 1.54) is 0 Å². The van der Waals surface area contributed by atoms with E-state index in [1.54, 1.807) is 6.92 Å². The Morgan fingerprint density at radius 1 is 1.12 bits per heavy atom. The number of halogens is 1. The van der Waals surface area contributed by atoms with Crippen molar-refractivity contribution in [3.8, 4) is 0 Å². The third-order valence-electron chi connectivity index (χ3n) is 4.95. The maximum absolute atomic E-state index is 11.5. The highest BCUT2D eigenvalue weighted by molar-refractivity contribution is 9.10. The van der Waals surface area contributed by atoms with Gasteiger partial charge in [-0.05, 0) is 15.9 Å². The topological polar surface area (TPSA) is 66.2 Å². The molecule has 0 unspecified atom stereocenters. The molecule has 2 aromatic rings. The van der Waals surface area contributed by atoms with Crippen LogP contribution in [0.2, 0.25) is 0 Å². The van der Waals surface area contributed by atoms with Gasteiger partial charge in [-0.3, -0.25) is 9.69 Å². The molecule has 2 aromatic heterocycles. The summed E-state index contributed by atoms with van der Waals surface area (Å²) in [6, 6.07) is 0. The summed E-state index contributed by atoms with van der Waals surface area (Å²) in [4.78, 5) is 27.5. The third-order valence-corrected chi connectivity index (χ3v) is 5.34. The lowest BCUT2D eigenvalue weighted by Gasteiger charge is -2.33. The first-order valence-electron chi connectivity index (χ1n) is 8.95. The second-order valence-electron chi connectivity index (χ2n) is 6.73. The van der Waals surface area contributed by atoms with Gasteiger partial charge in [0.15, 0.2) is 11.5 Å². The first-order chi connectivity index (χ1) is 12.6. The fourth-order valence-corrected chi connectivity index (χ4v) is 3.91. The predicted octanol–water partition coefficient (Wildman–Crippen LogP) is 0.992. The first kappa shape index (κ1) is 17.7. The molecule has 0 radical (unpaired) electrons. The van der Waals surface area contributed by atoms with Crippen LogP contribution in [0.5, 0.6) is 0 Å². The second-order valence-corrected chi connectivity index (χ2v) is 7.54. The number of ether oxygens (including phenoxy) is 1. The summed E-state index contributed by atoms with van der Waals surface area (Å²) in [6.45, 7) is 8.84. The van der Waals surface area contributed by atoms with Crippen molar-refractivity contribution in [3.63, 3.8) is 0 Å². The molecule has 0 bridgehead atoms. The maximum atomic E-state index is 11.5. The molecule has 0 N–H and O–H groups in total. The van der Waals surface area contributed by atoms with E-state index >= 15 is 0 Å². The Morgan fingerprint density at radius 3 is 2.54 bits per heavy atom. The Labute approximate surface area is 160 Å². The number of aromatic nitrogens is 3. The Bertz CT molecular complexity index is 796. The zero-order valence-electron chi connectivity index (χ0n) is 14.9. The SMILES string of the molecule is CC(=O)N1CCN(Cc2cn3cc(Br)nc(N4CCOCC4)c3n2)CC1. The van der Waals surface area contributed by atoms with Crippen molar-refractivity contribution in [2.75, 3.05) is 57.4 Å². The Hall–Kier alpha value is -1.71. The number of rotatable bonds is 3. The molecule has 0 saturated carbocycles. The van der Waals surface area contributed by atoms with E-state index in [9.17, 15) is 4.79 Å². The van der Waals surface area contributed by atoms with Gasteiger partial charge in [0.1, 0.15) is 4.60 Å². The molecule has 140 valence electrons. The average molecular weight is 423 g/mol. The lowest BCUT2D eigenvalue weighted by molar-refractivity contribution is -0.130. The number of carbonyl (C=O) groups is 1.